The first-order valence-electron chi connectivity index (χ1n) is 9.76. The fraction of sp³-hybridized carbons (Fsp3) is 0.0417. The van der Waals surface area contributed by atoms with Gasteiger partial charge in [-0.2, -0.15) is 10.4 Å². The number of anilines is 1. The van der Waals surface area contributed by atoms with Crippen molar-refractivity contribution in [3.63, 3.8) is 0 Å². The summed E-state index contributed by atoms with van der Waals surface area (Å²) >= 11 is 1.27. The van der Waals surface area contributed by atoms with Crippen LogP contribution in [0.2, 0.25) is 0 Å². The van der Waals surface area contributed by atoms with Crippen LogP contribution in [0.25, 0.3) is 5.69 Å². The molecule has 9 heteroatoms. The van der Waals surface area contributed by atoms with Gasteiger partial charge in [-0.3, -0.25) is 9.59 Å². The van der Waals surface area contributed by atoms with Crippen LogP contribution in [-0.4, -0.2) is 34.0 Å². The van der Waals surface area contributed by atoms with Crippen LogP contribution in [0, 0.1) is 11.3 Å². The van der Waals surface area contributed by atoms with Crippen LogP contribution in [-0.2, 0) is 9.53 Å². The molecule has 162 valence electrons. The summed E-state index contributed by atoms with van der Waals surface area (Å²) in [6.07, 6.45) is 1.33. The lowest BCUT2D eigenvalue weighted by Gasteiger charge is -2.11. The van der Waals surface area contributed by atoms with Gasteiger partial charge in [-0.15, -0.1) is 11.3 Å². The van der Waals surface area contributed by atoms with E-state index in [1.165, 1.54) is 34.3 Å². The maximum atomic E-state index is 12.7. The molecule has 0 saturated heterocycles. The van der Waals surface area contributed by atoms with Crippen molar-refractivity contribution >= 4 is 34.8 Å². The molecule has 0 radical (unpaired) electrons. The third kappa shape index (κ3) is 4.71. The van der Waals surface area contributed by atoms with Crippen LogP contribution < -0.4 is 5.32 Å². The number of thiophene rings is 1. The van der Waals surface area contributed by atoms with E-state index in [1.807, 2.05) is 12.1 Å². The highest BCUT2D eigenvalue weighted by atomic mass is 32.1. The molecule has 33 heavy (non-hydrogen) atoms. The van der Waals surface area contributed by atoms with E-state index in [0.717, 1.165) is 0 Å². The Morgan fingerprint density at radius 2 is 1.73 bits per heavy atom. The number of hydrogen-bond donors (Lipinski definition) is 1. The van der Waals surface area contributed by atoms with E-state index >= 15 is 0 Å². The molecule has 1 amide bonds. The molecular formula is C24H16N4O4S. The van der Waals surface area contributed by atoms with Gasteiger partial charge in [-0.25, -0.2) is 9.48 Å². The summed E-state index contributed by atoms with van der Waals surface area (Å²) in [5.41, 5.74) is 1.06. The number of carbonyl (C=O) groups is 3. The van der Waals surface area contributed by atoms with E-state index in [-0.39, 0.29) is 28.3 Å². The number of nitrogens with one attached hydrogen (secondary N) is 1. The van der Waals surface area contributed by atoms with Crippen molar-refractivity contribution in [3.8, 4) is 11.8 Å². The zero-order chi connectivity index (χ0) is 23.2. The van der Waals surface area contributed by atoms with Crippen LogP contribution in [0.15, 0.2) is 78.3 Å². The number of ketones is 1. The number of aromatic nitrogens is 2. The minimum absolute atomic E-state index is 0.0655. The summed E-state index contributed by atoms with van der Waals surface area (Å²) in [6.45, 7) is -0.606. The van der Waals surface area contributed by atoms with E-state index in [4.69, 9.17) is 4.74 Å². The fourth-order valence-corrected chi connectivity index (χ4v) is 3.77. The lowest BCUT2D eigenvalue weighted by molar-refractivity contribution is -0.119. The molecule has 0 atom stereocenters. The Morgan fingerprint density at radius 3 is 2.42 bits per heavy atom. The normalized spacial score (nSPS) is 10.3. The predicted molar refractivity (Wildman–Crippen MR) is 121 cm³/mol. The Balaban J connectivity index is 1.47. The molecule has 4 aromatic rings. The van der Waals surface area contributed by atoms with Gasteiger partial charge >= 0.3 is 5.97 Å². The number of hydrogen-bond acceptors (Lipinski definition) is 7. The SMILES string of the molecule is N#Cc1cnn(-c2ccccc2)c1NC(=O)COC(=O)c1ccccc1C(=O)c1cccs1. The number of rotatable bonds is 7. The number of nitriles is 1. The first-order chi connectivity index (χ1) is 16.1. The van der Waals surface area contributed by atoms with Crippen molar-refractivity contribution in [2.24, 2.45) is 0 Å². The second-order valence-electron chi connectivity index (χ2n) is 6.74. The highest BCUT2D eigenvalue weighted by Crippen LogP contribution is 2.21. The zero-order valence-corrected chi connectivity index (χ0v) is 17.9. The molecule has 8 nitrogen and oxygen atoms in total. The van der Waals surface area contributed by atoms with Crippen molar-refractivity contribution < 1.29 is 19.1 Å². The van der Waals surface area contributed by atoms with Crippen molar-refractivity contribution in [3.05, 3.63) is 99.9 Å². The van der Waals surface area contributed by atoms with Crippen LogP contribution in [0.3, 0.4) is 0 Å². The Labute approximate surface area is 192 Å². The first-order valence-corrected chi connectivity index (χ1v) is 10.6. The number of ether oxygens (including phenoxy) is 1. The van der Waals surface area contributed by atoms with Gasteiger partial charge in [-0.1, -0.05) is 42.5 Å². The lowest BCUT2D eigenvalue weighted by atomic mass is 10.0. The molecule has 0 unspecified atom stereocenters. The average molecular weight is 456 g/mol. The second-order valence-corrected chi connectivity index (χ2v) is 7.69. The predicted octanol–water partition coefficient (Wildman–Crippen LogP) is 3.83. The van der Waals surface area contributed by atoms with Gasteiger partial charge in [0.2, 0.25) is 5.78 Å². The largest absolute Gasteiger partial charge is 0.452 e. The fourth-order valence-electron chi connectivity index (χ4n) is 3.09. The molecular weight excluding hydrogens is 440 g/mol. The van der Waals surface area contributed by atoms with E-state index in [1.54, 1.807) is 53.9 Å². The summed E-state index contributed by atoms with van der Waals surface area (Å²) in [7, 11) is 0. The summed E-state index contributed by atoms with van der Waals surface area (Å²) in [6, 6.07) is 20.6. The van der Waals surface area contributed by atoms with Crippen molar-refractivity contribution in [1.82, 2.24) is 9.78 Å². The van der Waals surface area contributed by atoms with E-state index < -0.39 is 18.5 Å². The van der Waals surface area contributed by atoms with Crippen LogP contribution in [0.4, 0.5) is 5.82 Å². The molecule has 2 heterocycles. The molecule has 0 aliphatic carbocycles. The molecule has 2 aromatic heterocycles. The average Bonchev–Trinajstić information content (AvgIpc) is 3.53. The zero-order valence-electron chi connectivity index (χ0n) is 17.1. The Bertz CT molecular complexity index is 1350. The number of benzene rings is 2. The minimum Gasteiger partial charge on any atom is -0.452 e. The maximum Gasteiger partial charge on any atom is 0.339 e. The van der Waals surface area contributed by atoms with E-state index in [2.05, 4.69) is 10.4 Å². The standard InChI is InChI=1S/C24H16N4O4S/c25-13-16-14-26-28(17-7-2-1-3-8-17)23(16)27-21(29)15-32-24(31)19-10-5-4-9-18(19)22(30)20-11-6-12-33-20/h1-12,14H,15H2,(H,27,29). The Kier molecular flexibility index (Phi) is 6.38. The van der Waals surface area contributed by atoms with Gasteiger partial charge in [0.25, 0.3) is 5.91 Å². The van der Waals surface area contributed by atoms with Gasteiger partial charge < -0.3 is 10.1 Å². The highest BCUT2D eigenvalue weighted by molar-refractivity contribution is 7.12. The number of amides is 1. The second kappa shape index (κ2) is 9.72. The van der Waals surface area contributed by atoms with E-state index in [9.17, 15) is 19.6 Å². The van der Waals surface area contributed by atoms with Crippen LogP contribution in [0.5, 0.6) is 0 Å². The molecule has 2 aromatic carbocycles. The number of esters is 1. The summed E-state index contributed by atoms with van der Waals surface area (Å²) in [5.74, 6) is -1.59. The van der Waals surface area contributed by atoms with Gasteiger partial charge in [0.15, 0.2) is 12.4 Å². The monoisotopic (exact) mass is 456 g/mol. The smallest absolute Gasteiger partial charge is 0.339 e. The van der Waals surface area contributed by atoms with Gasteiger partial charge in [0.1, 0.15) is 11.6 Å². The number of para-hydroxylation sites is 1. The van der Waals surface area contributed by atoms with Gasteiger partial charge in [0, 0.05) is 5.56 Å². The summed E-state index contributed by atoms with van der Waals surface area (Å²) < 4.78 is 6.56. The van der Waals surface area contributed by atoms with Crippen molar-refractivity contribution in [2.45, 2.75) is 0 Å². The van der Waals surface area contributed by atoms with Crippen LogP contribution in [0.1, 0.15) is 31.2 Å². The Hall–Kier alpha value is -4.55. The third-order valence-electron chi connectivity index (χ3n) is 4.62. The van der Waals surface area contributed by atoms with Gasteiger partial charge in [-0.05, 0) is 29.6 Å². The highest BCUT2D eigenvalue weighted by Gasteiger charge is 2.21. The molecule has 0 fully saturated rings. The topological polar surface area (TPSA) is 114 Å². The minimum atomic E-state index is -0.803. The van der Waals surface area contributed by atoms with Crippen LogP contribution >= 0.6 is 11.3 Å². The Morgan fingerprint density at radius 1 is 1.00 bits per heavy atom. The summed E-state index contributed by atoms with van der Waals surface area (Å²) in [5, 5.41) is 17.8. The molecule has 0 saturated carbocycles. The molecule has 0 aliphatic heterocycles. The summed E-state index contributed by atoms with van der Waals surface area (Å²) in [4.78, 5) is 38.3. The van der Waals surface area contributed by atoms with E-state index in [0.29, 0.717) is 10.6 Å². The van der Waals surface area contributed by atoms with Crippen molar-refractivity contribution in [2.75, 3.05) is 11.9 Å². The maximum absolute atomic E-state index is 12.7. The van der Waals surface area contributed by atoms with Crippen molar-refractivity contribution in [1.29, 1.82) is 5.26 Å². The third-order valence-corrected chi connectivity index (χ3v) is 5.49. The number of nitrogens with zero attached hydrogens (tertiary/aromatic N) is 3. The molecule has 1 N–H and O–H groups in total. The molecule has 0 aliphatic rings. The first kappa shape index (κ1) is 21.7. The molecule has 4 rings (SSSR count). The molecule has 0 spiro atoms. The quantitative estimate of drug-likeness (QED) is 0.334. The lowest BCUT2D eigenvalue weighted by Crippen LogP contribution is -2.23. The van der Waals surface area contributed by atoms with Gasteiger partial charge in [0.05, 0.1) is 22.3 Å². The molecule has 0 bridgehead atoms. The number of carbonyl (C=O) groups excluding carboxylic acids is 3.